The number of aromatic hydroxyl groups is 1. The van der Waals surface area contributed by atoms with Crippen molar-refractivity contribution in [1.29, 1.82) is 0 Å². The van der Waals surface area contributed by atoms with Gasteiger partial charge in [-0.05, 0) is 53.4 Å². The summed E-state index contributed by atoms with van der Waals surface area (Å²) in [5.41, 5.74) is 0.619. The number of nitrogens with one attached hydrogen (secondary N) is 1. The largest absolute Gasteiger partial charge is 0.501 e. The molecule has 0 spiro atoms. The maximum atomic E-state index is 10.8. The summed E-state index contributed by atoms with van der Waals surface area (Å²) in [5.74, 6) is -0.307. The molecule has 17 heavy (non-hydrogen) atoms. The Morgan fingerprint density at radius 3 is 2.94 bits per heavy atom. The van der Waals surface area contributed by atoms with Gasteiger partial charge in [0.2, 0.25) is 5.75 Å². The summed E-state index contributed by atoms with van der Waals surface area (Å²) in [6.45, 7) is 1.01. The smallest absolute Gasteiger partial charge is 0.312 e. The van der Waals surface area contributed by atoms with Crippen LogP contribution in [-0.4, -0.2) is 22.6 Å². The average molecular weight is 301 g/mol. The number of phenols is 1. The second kappa shape index (κ2) is 5.01. The van der Waals surface area contributed by atoms with E-state index in [1.54, 1.807) is 6.07 Å². The minimum atomic E-state index is -0.564. The molecular weight excluding hydrogens is 288 g/mol. The monoisotopic (exact) mass is 300 g/mol. The molecule has 2 rings (SSSR count). The van der Waals surface area contributed by atoms with Crippen molar-refractivity contribution in [3.8, 4) is 5.75 Å². The van der Waals surface area contributed by atoms with Crippen molar-refractivity contribution in [2.75, 3.05) is 6.54 Å². The second-order valence-electron chi connectivity index (χ2n) is 4.20. The molecule has 1 aliphatic rings. The molecule has 1 atom stereocenters. The van der Waals surface area contributed by atoms with E-state index in [9.17, 15) is 15.2 Å². The molecule has 0 saturated carbocycles. The summed E-state index contributed by atoms with van der Waals surface area (Å²) < 4.78 is 0.375. The molecule has 1 unspecified atom stereocenters. The standard InChI is InChI=1S/C11H13BrN2O3/c12-9-5-7(4-8-2-1-3-13-8)6-10(11(9)15)14(16)17/h5-6,8,13,15H,1-4H2. The summed E-state index contributed by atoms with van der Waals surface area (Å²) in [7, 11) is 0. The van der Waals surface area contributed by atoms with Crippen LogP contribution < -0.4 is 5.32 Å². The fraction of sp³-hybridized carbons (Fsp3) is 0.455. The van der Waals surface area contributed by atoms with E-state index in [4.69, 9.17) is 0 Å². The van der Waals surface area contributed by atoms with Crippen LogP contribution in [0.3, 0.4) is 0 Å². The van der Waals surface area contributed by atoms with Crippen LogP contribution in [0.2, 0.25) is 0 Å². The molecule has 1 saturated heterocycles. The first-order valence-corrected chi connectivity index (χ1v) is 6.26. The van der Waals surface area contributed by atoms with Gasteiger partial charge in [0.1, 0.15) is 0 Å². The molecule has 0 bridgehead atoms. The molecular formula is C11H13BrN2O3. The van der Waals surface area contributed by atoms with Crippen molar-refractivity contribution >= 4 is 21.6 Å². The first-order chi connectivity index (χ1) is 8.08. The fourth-order valence-electron chi connectivity index (χ4n) is 2.11. The Labute approximate surface area is 107 Å². The molecule has 0 radical (unpaired) electrons. The number of hydrogen-bond acceptors (Lipinski definition) is 4. The quantitative estimate of drug-likeness (QED) is 0.664. The van der Waals surface area contributed by atoms with E-state index in [1.807, 2.05) is 0 Å². The van der Waals surface area contributed by atoms with Gasteiger partial charge >= 0.3 is 5.69 Å². The molecule has 0 amide bonds. The average Bonchev–Trinajstić information content (AvgIpc) is 2.75. The van der Waals surface area contributed by atoms with Gasteiger partial charge in [-0.2, -0.15) is 0 Å². The molecule has 6 heteroatoms. The highest BCUT2D eigenvalue weighted by molar-refractivity contribution is 9.10. The fourth-order valence-corrected chi connectivity index (χ4v) is 2.61. The minimum Gasteiger partial charge on any atom is -0.501 e. The van der Waals surface area contributed by atoms with E-state index in [0.29, 0.717) is 10.5 Å². The van der Waals surface area contributed by atoms with Crippen LogP contribution in [0.4, 0.5) is 5.69 Å². The Balaban J connectivity index is 2.25. The van der Waals surface area contributed by atoms with E-state index in [2.05, 4.69) is 21.2 Å². The lowest BCUT2D eigenvalue weighted by molar-refractivity contribution is -0.386. The Bertz CT molecular complexity index is 445. The third kappa shape index (κ3) is 2.76. The maximum Gasteiger partial charge on any atom is 0.312 e. The third-order valence-corrected chi connectivity index (χ3v) is 3.55. The molecule has 0 aromatic heterocycles. The van der Waals surface area contributed by atoms with Crippen molar-refractivity contribution in [3.05, 3.63) is 32.3 Å². The molecule has 1 aromatic rings. The number of nitro groups is 1. The van der Waals surface area contributed by atoms with Crippen LogP contribution in [0.5, 0.6) is 5.75 Å². The Morgan fingerprint density at radius 2 is 2.35 bits per heavy atom. The number of nitrogens with zero attached hydrogens (tertiary/aromatic N) is 1. The molecule has 1 aliphatic heterocycles. The van der Waals surface area contributed by atoms with Crippen LogP contribution in [0.15, 0.2) is 16.6 Å². The SMILES string of the molecule is O=[N+]([O-])c1cc(CC2CCCN2)cc(Br)c1O. The van der Waals surface area contributed by atoms with Gasteiger partial charge in [-0.15, -0.1) is 0 Å². The summed E-state index contributed by atoms with van der Waals surface area (Å²) >= 11 is 3.14. The molecule has 2 N–H and O–H groups in total. The van der Waals surface area contributed by atoms with Gasteiger partial charge in [0.25, 0.3) is 0 Å². The van der Waals surface area contributed by atoms with Gasteiger partial charge in [0, 0.05) is 12.1 Å². The van der Waals surface area contributed by atoms with Crippen molar-refractivity contribution < 1.29 is 10.0 Å². The first-order valence-electron chi connectivity index (χ1n) is 5.47. The molecule has 1 fully saturated rings. The Morgan fingerprint density at radius 1 is 1.59 bits per heavy atom. The lowest BCUT2D eigenvalue weighted by atomic mass is 10.0. The Hall–Kier alpha value is -1.14. The number of benzene rings is 1. The van der Waals surface area contributed by atoms with E-state index in [-0.39, 0.29) is 11.4 Å². The molecule has 1 heterocycles. The number of phenolic OH excluding ortho intramolecular Hbond substituents is 1. The number of hydrogen-bond donors (Lipinski definition) is 2. The summed E-state index contributed by atoms with van der Waals surface area (Å²) in [4.78, 5) is 10.2. The van der Waals surface area contributed by atoms with Crippen LogP contribution in [0, 0.1) is 10.1 Å². The number of halogens is 1. The van der Waals surface area contributed by atoms with Gasteiger partial charge in [-0.25, -0.2) is 0 Å². The Kier molecular flexibility index (Phi) is 3.63. The van der Waals surface area contributed by atoms with Crippen LogP contribution in [0.25, 0.3) is 0 Å². The number of rotatable bonds is 3. The molecule has 1 aromatic carbocycles. The lowest BCUT2D eigenvalue weighted by Crippen LogP contribution is -2.23. The van der Waals surface area contributed by atoms with Crippen LogP contribution in [-0.2, 0) is 6.42 Å². The van der Waals surface area contributed by atoms with Crippen LogP contribution >= 0.6 is 15.9 Å². The maximum absolute atomic E-state index is 10.8. The zero-order chi connectivity index (χ0) is 12.4. The third-order valence-electron chi connectivity index (χ3n) is 2.94. The van der Waals surface area contributed by atoms with Gasteiger partial charge < -0.3 is 10.4 Å². The van der Waals surface area contributed by atoms with Crippen molar-refractivity contribution in [3.63, 3.8) is 0 Å². The van der Waals surface area contributed by atoms with E-state index >= 15 is 0 Å². The van der Waals surface area contributed by atoms with E-state index in [0.717, 1.165) is 31.4 Å². The first kappa shape index (κ1) is 12.3. The lowest BCUT2D eigenvalue weighted by Gasteiger charge is -2.10. The second-order valence-corrected chi connectivity index (χ2v) is 5.05. The highest BCUT2D eigenvalue weighted by Gasteiger charge is 2.20. The summed E-state index contributed by atoms with van der Waals surface area (Å²) in [6.07, 6.45) is 2.98. The normalized spacial score (nSPS) is 19.5. The number of nitro benzene ring substituents is 1. The van der Waals surface area contributed by atoms with Crippen molar-refractivity contribution in [2.45, 2.75) is 25.3 Å². The topological polar surface area (TPSA) is 75.4 Å². The van der Waals surface area contributed by atoms with Gasteiger partial charge in [0.15, 0.2) is 0 Å². The molecule has 5 nitrogen and oxygen atoms in total. The minimum absolute atomic E-state index is 0.243. The molecule has 0 aliphatic carbocycles. The summed E-state index contributed by atoms with van der Waals surface area (Å²) in [5, 5.41) is 23.7. The van der Waals surface area contributed by atoms with Crippen molar-refractivity contribution in [2.24, 2.45) is 0 Å². The van der Waals surface area contributed by atoms with E-state index in [1.165, 1.54) is 6.07 Å². The van der Waals surface area contributed by atoms with Gasteiger partial charge in [-0.1, -0.05) is 0 Å². The zero-order valence-electron chi connectivity index (χ0n) is 9.15. The zero-order valence-corrected chi connectivity index (χ0v) is 10.7. The predicted octanol–water partition coefficient (Wildman–Crippen LogP) is 2.36. The van der Waals surface area contributed by atoms with Gasteiger partial charge in [0.05, 0.1) is 9.40 Å². The van der Waals surface area contributed by atoms with Gasteiger partial charge in [-0.3, -0.25) is 10.1 Å². The van der Waals surface area contributed by atoms with Crippen molar-refractivity contribution in [1.82, 2.24) is 5.32 Å². The highest BCUT2D eigenvalue weighted by Crippen LogP contribution is 2.35. The van der Waals surface area contributed by atoms with Crippen LogP contribution in [0.1, 0.15) is 18.4 Å². The van der Waals surface area contributed by atoms with E-state index < -0.39 is 4.92 Å². The highest BCUT2D eigenvalue weighted by atomic mass is 79.9. The summed E-state index contributed by atoms with van der Waals surface area (Å²) in [6, 6.07) is 3.56. The molecule has 92 valence electrons. The predicted molar refractivity (Wildman–Crippen MR) is 67.2 cm³/mol.